The van der Waals surface area contributed by atoms with E-state index in [0.29, 0.717) is 40.3 Å². The predicted molar refractivity (Wildman–Crippen MR) is 116 cm³/mol. The maximum atomic E-state index is 12.4. The minimum absolute atomic E-state index is 0.148. The SMILES string of the molecule is CCOc1ccccc1C(=O)NCC(=O)Nc1nc(-c2ccc(CNC(C)=O)o2)cs1. The Labute approximate surface area is 182 Å². The van der Waals surface area contributed by atoms with Crippen molar-refractivity contribution in [1.29, 1.82) is 0 Å². The molecule has 3 rings (SSSR count). The van der Waals surface area contributed by atoms with Gasteiger partial charge in [0.1, 0.15) is 17.2 Å². The second-order valence-electron chi connectivity index (χ2n) is 6.37. The molecule has 162 valence electrons. The van der Waals surface area contributed by atoms with Gasteiger partial charge in [0.25, 0.3) is 5.91 Å². The molecule has 3 amide bonds. The minimum Gasteiger partial charge on any atom is -0.493 e. The number of thiazole rings is 1. The van der Waals surface area contributed by atoms with Gasteiger partial charge in [0.05, 0.1) is 25.3 Å². The monoisotopic (exact) mass is 442 g/mol. The van der Waals surface area contributed by atoms with Gasteiger partial charge in [-0.3, -0.25) is 14.4 Å². The number of aromatic nitrogens is 1. The topological polar surface area (TPSA) is 123 Å². The van der Waals surface area contributed by atoms with Crippen molar-refractivity contribution in [2.24, 2.45) is 0 Å². The van der Waals surface area contributed by atoms with E-state index in [4.69, 9.17) is 9.15 Å². The van der Waals surface area contributed by atoms with Crippen molar-refractivity contribution >= 4 is 34.2 Å². The van der Waals surface area contributed by atoms with Crippen LogP contribution in [0.15, 0.2) is 46.2 Å². The number of ether oxygens (including phenoxy) is 1. The fourth-order valence-electron chi connectivity index (χ4n) is 2.62. The number of hydrogen-bond donors (Lipinski definition) is 3. The molecule has 0 aliphatic carbocycles. The minimum atomic E-state index is -0.408. The highest BCUT2D eigenvalue weighted by Crippen LogP contribution is 2.26. The van der Waals surface area contributed by atoms with E-state index in [0.717, 1.165) is 0 Å². The van der Waals surface area contributed by atoms with Gasteiger partial charge in [0, 0.05) is 12.3 Å². The Balaban J connectivity index is 1.53. The first-order chi connectivity index (χ1) is 15.0. The van der Waals surface area contributed by atoms with Gasteiger partial charge in [-0.25, -0.2) is 4.98 Å². The number of benzene rings is 1. The first-order valence-corrected chi connectivity index (χ1v) is 10.4. The van der Waals surface area contributed by atoms with Crippen LogP contribution in [0.1, 0.15) is 30.0 Å². The average molecular weight is 442 g/mol. The van der Waals surface area contributed by atoms with E-state index in [1.165, 1.54) is 18.3 Å². The van der Waals surface area contributed by atoms with Crippen LogP contribution in [-0.4, -0.2) is 35.9 Å². The van der Waals surface area contributed by atoms with Crippen LogP contribution in [-0.2, 0) is 16.1 Å². The smallest absolute Gasteiger partial charge is 0.255 e. The summed E-state index contributed by atoms with van der Waals surface area (Å²) in [6.07, 6.45) is 0. The summed E-state index contributed by atoms with van der Waals surface area (Å²) in [5.41, 5.74) is 0.922. The molecule has 9 nitrogen and oxygen atoms in total. The molecular formula is C21H22N4O5S. The van der Waals surface area contributed by atoms with Crippen LogP contribution in [0.25, 0.3) is 11.5 Å². The van der Waals surface area contributed by atoms with Crippen molar-refractivity contribution in [1.82, 2.24) is 15.6 Å². The van der Waals surface area contributed by atoms with Crippen LogP contribution < -0.4 is 20.7 Å². The number of amides is 3. The molecule has 2 aromatic heterocycles. The van der Waals surface area contributed by atoms with Crippen LogP contribution >= 0.6 is 11.3 Å². The Bertz CT molecular complexity index is 1080. The summed E-state index contributed by atoms with van der Waals surface area (Å²) in [6, 6.07) is 10.3. The Morgan fingerprint density at radius 2 is 1.94 bits per heavy atom. The Morgan fingerprint density at radius 3 is 2.71 bits per heavy atom. The molecule has 10 heteroatoms. The third-order valence-corrected chi connectivity index (χ3v) is 4.77. The molecule has 0 saturated carbocycles. The molecule has 0 unspecified atom stereocenters. The molecule has 3 aromatic rings. The molecule has 3 N–H and O–H groups in total. The Morgan fingerprint density at radius 1 is 1.13 bits per heavy atom. The summed E-state index contributed by atoms with van der Waals surface area (Å²) in [5, 5.41) is 10.0. The molecule has 1 aromatic carbocycles. The van der Waals surface area contributed by atoms with Crippen molar-refractivity contribution in [2.75, 3.05) is 18.5 Å². The molecule has 2 heterocycles. The van der Waals surface area contributed by atoms with Crippen molar-refractivity contribution in [2.45, 2.75) is 20.4 Å². The number of para-hydroxylation sites is 1. The van der Waals surface area contributed by atoms with Crippen molar-refractivity contribution in [3.8, 4) is 17.2 Å². The maximum absolute atomic E-state index is 12.4. The van der Waals surface area contributed by atoms with Gasteiger partial charge < -0.3 is 25.1 Å². The molecule has 31 heavy (non-hydrogen) atoms. The number of carbonyl (C=O) groups is 3. The number of furan rings is 1. The maximum Gasteiger partial charge on any atom is 0.255 e. The van der Waals surface area contributed by atoms with Crippen LogP contribution in [0, 0.1) is 0 Å². The summed E-state index contributed by atoms with van der Waals surface area (Å²) < 4.78 is 11.1. The fourth-order valence-corrected chi connectivity index (χ4v) is 3.34. The summed E-state index contributed by atoms with van der Waals surface area (Å²) in [4.78, 5) is 39.9. The van der Waals surface area contributed by atoms with Crippen LogP contribution in [0.3, 0.4) is 0 Å². The van der Waals surface area contributed by atoms with E-state index < -0.39 is 11.8 Å². The summed E-state index contributed by atoms with van der Waals surface area (Å²) in [5.74, 6) is 0.626. The number of nitrogens with one attached hydrogen (secondary N) is 3. The lowest BCUT2D eigenvalue weighted by Crippen LogP contribution is -2.33. The van der Waals surface area contributed by atoms with E-state index in [2.05, 4.69) is 20.9 Å². The number of carbonyl (C=O) groups excluding carboxylic acids is 3. The lowest BCUT2D eigenvalue weighted by Gasteiger charge is -2.10. The zero-order valence-electron chi connectivity index (χ0n) is 17.1. The second kappa shape index (κ2) is 10.4. The zero-order chi connectivity index (χ0) is 22.2. The quantitative estimate of drug-likeness (QED) is 0.468. The molecule has 0 aliphatic rings. The van der Waals surface area contributed by atoms with Crippen molar-refractivity contribution < 1.29 is 23.5 Å². The molecule has 0 spiro atoms. The molecule has 0 atom stereocenters. The molecule has 0 radical (unpaired) electrons. The summed E-state index contributed by atoms with van der Waals surface area (Å²) in [7, 11) is 0. The average Bonchev–Trinajstić information content (AvgIpc) is 3.40. The first kappa shape index (κ1) is 22.0. The van der Waals surface area contributed by atoms with Crippen LogP contribution in [0.5, 0.6) is 5.75 Å². The van der Waals surface area contributed by atoms with Gasteiger partial charge in [-0.15, -0.1) is 11.3 Å². The summed E-state index contributed by atoms with van der Waals surface area (Å²) >= 11 is 1.23. The van der Waals surface area contributed by atoms with Gasteiger partial charge in [-0.1, -0.05) is 12.1 Å². The van der Waals surface area contributed by atoms with Crippen molar-refractivity contribution in [3.05, 3.63) is 53.1 Å². The highest BCUT2D eigenvalue weighted by Gasteiger charge is 2.15. The molecule has 0 bridgehead atoms. The molecule has 0 fully saturated rings. The molecule has 0 saturated heterocycles. The normalized spacial score (nSPS) is 10.4. The van der Waals surface area contributed by atoms with Gasteiger partial charge in [-0.2, -0.15) is 0 Å². The van der Waals surface area contributed by atoms with E-state index in [-0.39, 0.29) is 19.0 Å². The van der Waals surface area contributed by atoms with Crippen LogP contribution in [0.2, 0.25) is 0 Å². The highest BCUT2D eigenvalue weighted by molar-refractivity contribution is 7.14. The molecular weight excluding hydrogens is 420 g/mol. The highest BCUT2D eigenvalue weighted by atomic mass is 32.1. The number of anilines is 1. The zero-order valence-corrected chi connectivity index (χ0v) is 17.9. The van der Waals surface area contributed by atoms with Gasteiger partial charge in [-0.05, 0) is 31.2 Å². The largest absolute Gasteiger partial charge is 0.493 e. The predicted octanol–water partition coefficient (Wildman–Crippen LogP) is 2.81. The van der Waals surface area contributed by atoms with E-state index in [9.17, 15) is 14.4 Å². The van der Waals surface area contributed by atoms with Crippen molar-refractivity contribution in [3.63, 3.8) is 0 Å². The Kier molecular flexibility index (Phi) is 7.39. The van der Waals surface area contributed by atoms with E-state index in [1.807, 2.05) is 6.92 Å². The van der Waals surface area contributed by atoms with Crippen LogP contribution in [0.4, 0.5) is 5.13 Å². The van der Waals surface area contributed by atoms with Gasteiger partial charge in [0.15, 0.2) is 10.9 Å². The summed E-state index contributed by atoms with van der Waals surface area (Å²) in [6.45, 7) is 3.77. The third-order valence-electron chi connectivity index (χ3n) is 4.02. The Hall–Kier alpha value is -3.66. The van der Waals surface area contributed by atoms with Gasteiger partial charge >= 0.3 is 0 Å². The lowest BCUT2D eigenvalue weighted by molar-refractivity contribution is -0.119. The first-order valence-electron chi connectivity index (χ1n) is 9.55. The number of nitrogens with zero attached hydrogens (tertiary/aromatic N) is 1. The number of hydrogen-bond acceptors (Lipinski definition) is 7. The van der Waals surface area contributed by atoms with Gasteiger partial charge in [0.2, 0.25) is 11.8 Å². The second-order valence-corrected chi connectivity index (χ2v) is 7.23. The lowest BCUT2D eigenvalue weighted by atomic mass is 10.2. The van der Waals surface area contributed by atoms with E-state index in [1.54, 1.807) is 41.8 Å². The molecule has 0 aliphatic heterocycles. The standard InChI is InChI=1S/C21H22N4O5S/c1-3-29-17-7-5-4-6-15(17)20(28)23-11-19(27)25-21-24-16(12-31-21)18-9-8-14(30-18)10-22-13(2)26/h4-9,12H,3,10-11H2,1-2H3,(H,22,26)(H,23,28)(H,24,25,27). The van der Waals surface area contributed by atoms with E-state index >= 15 is 0 Å². The number of rotatable bonds is 9. The third kappa shape index (κ3) is 6.16. The fraction of sp³-hybridized carbons (Fsp3) is 0.238.